The molecule has 2 aromatic rings. The monoisotopic (exact) mass is 454 g/mol. The van der Waals surface area contributed by atoms with Crippen molar-refractivity contribution in [1.29, 1.82) is 0 Å². The Balaban J connectivity index is 2.41. The smallest absolute Gasteiger partial charge is 0.335 e. The minimum atomic E-state index is -1.07. The molecule has 7 nitrogen and oxygen atoms in total. The second-order valence-corrected chi connectivity index (χ2v) is 9.21. The Bertz CT molecular complexity index is 1030. The van der Waals surface area contributed by atoms with Crippen molar-refractivity contribution in [1.82, 2.24) is 0 Å². The minimum Gasteiger partial charge on any atom is -0.496 e. The summed E-state index contributed by atoms with van der Waals surface area (Å²) in [5.41, 5.74) is 3.36. The maximum absolute atomic E-state index is 13.1. The van der Waals surface area contributed by atoms with Gasteiger partial charge in [-0.15, -0.1) is 0 Å². The molecule has 0 saturated carbocycles. The lowest BCUT2D eigenvalue weighted by molar-refractivity contribution is -0.121. The molecule has 2 amide bonds. The number of hydrogen-bond acceptors (Lipinski definition) is 4. The highest BCUT2D eigenvalue weighted by molar-refractivity contribution is 6.03. The molecule has 0 saturated heterocycles. The molecule has 0 bridgehead atoms. The highest BCUT2D eigenvalue weighted by Crippen LogP contribution is 2.32. The standard InChI is InChI=1S/C26H34N2O5/c1-8-9-23(30)28(19-12-16(2)24(33-7)17(3)13-19)15-22(29)27-21-14-18(25(31)32)10-11-20(21)26(4,5)6/h10-14H,8-9,15H2,1-7H3,(H,27,29)(H,31,32). The van der Waals surface area contributed by atoms with Crippen LogP contribution in [0, 0.1) is 13.8 Å². The van der Waals surface area contributed by atoms with Gasteiger partial charge in [0.2, 0.25) is 11.8 Å². The number of anilines is 2. The van der Waals surface area contributed by atoms with E-state index >= 15 is 0 Å². The average Bonchev–Trinajstić information content (AvgIpc) is 2.71. The van der Waals surface area contributed by atoms with Gasteiger partial charge < -0.3 is 20.1 Å². The average molecular weight is 455 g/mol. The molecule has 0 heterocycles. The number of methoxy groups -OCH3 is 1. The van der Waals surface area contributed by atoms with Gasteiger partial charge in [-0.2, -0.15) is 0 Å². The molecule has 0 atom stereocenters. The number of benzene rings is 2. The molecular weight excluding hydrogens is 420 g/mol. The van der Waals surface area contributed by atoms with Crippen molar-refractivity contribution in [2.75, 3.05) is 23.9 Å². The number of ether oxygens (including phenoxy) is 1. The van der Waals surface area contributed by atoms with Gasteiger partial charge in [-0.1, -0.05) is 33.8 Å². The van der Waals surface area contributed by atoms with E-state index in [1.165, 1.54) is 17.0 Å². The van der Waals surface area contributed by atoms with Crippen molar-refractivity contribution in [2.45, 2.75) is 59.8 Å². The Morgan fingerprint density at radius 3 is 2.15 bits per heavy atom. The molecular formula is C26H34N2O5. The van der Waals surface area contributed by atoms with Crippen LogP contribution in [0.2, 0.25) is 0 Å². The van der Waals surface area contributed by atoms with Gasteiger partial charge in [0.25, 0.3) is 0 Å². The summed E-state index contributed by atoms with van der Waals surface area (Å²) in [5, 5.41) is 12.2. The summed E-state index contributed by atoms with van der Waals surface area (Å²) in [4.78, 5) is 38.9. The summed E-state index contributed by atoms with van der Waals surface area (Å²) in [5.74, 6) is -0.896. The number of aromatic carboxylic acids is 1. The van der Waals surface area contributed by atoms with Gasteiger partial charge in [0, 0.05) is 17.8 Å². The fraction of sp³-hybridized carbons (Fsp3) is 0.423. The lowest BCUT2D eigenvalue weighted by Crippen LogP contribution is -2.38. The van der Waals surface area contributed by atoms with Gasteiger partial charge in [0.05, 0.1) is 12.7 Å². The minimum absolute atomic E-state index is 0.0821. The van der Waals surface area contributed by atoms with Crippen LogP contribution >= 0.6 is 0 Å². The van der Waals surface area contributed by atoms with Gasteiger partial charge in [0.1, 0.15) is 12.3 Å². The summed E-state index contributed by atoms with van der Waals surface area (Å²) < 4.78 is 5.42. The first-order valence-corrected chi connectivity index (χ1v) is 11.0. The molecule has 0 aliphatic rings. The number of aryl methyl sites for hydroxylation is 2. The first-order valence-electron chi connectivity index (χ1n) is 11.0. The maximum atomic E-state index is 13.1. The number of nitrogens with zero attached hydrogens (tertiary/aromatic N) is 1. The van der Waals surface area contributed by atoms with E-state index in [9.17, 15) is 19.5 Å². The molecule has 0 fully saturated rings. The summed E-state index contributed by atoms with van der Waals surface area (Å²) in [6.45, 7) is 11.5. The second-order valence-electron chi connectivity index (χ2n) is 9.21. The normalized spacial score (nSPS) is 11.1. The summed E-state index contributed by atoms with van der Waals surface area (Å²) in [7, 11) is 1.60. The third-order valence-corrected chi connectivity index (χ3v) is 5.38. The van der Waals surface area contributed by atoms with Gasteiger partial charge in [-0.3, -0.25) is 9.59 Å². The topological polar surface area (TPSA) is 95.9 Å². The van der Waals surface area contributed by atoms with E-state index in [0.717, 1.165) is 22.4 Å². The van der Waals surface area contributed by atoms with Crippen LogP contribution in [0.15, 0.2) is 30.3 Å². The largest absolute Gasteiger partial charge is 0.496 e. The van der Waals surface area contributed by atoms with Crippen LogP contribution in [0.3, 0.4) is 0 Å². The summed E-state index contributed by atoms with van der Waals surface area (Å²) >= 11 is 0. The lowest BCUT2D eigenvalue weighted by atomic mass is 9.85. The molecule has 0 aliphatic heterocycles. The quantitative estimate of drug-likeness (QED) is 0.580. The van der Waals surface area contributed by atoms with Crippen molar-refractivity contribution < 1.29 is 24.2 Å². The zero-order chi connectivity index (χ0) is 24.9. The van der Waals surface area contributed by atoms with E-state index < -0.39 is 11.9 Å². The number of carbonyl (C=O) groups excluding carboxylic acids is 2. The molecule has 33 heavy (non-hydrogen) atoms. The molecule has 0 aliphatic carbocycles. The van der Waals surface area contributed by atoms with Crippen LogP contribution < -0.4 is 15.0 Å². The van der Waals surface area contributed by atoms with Gasteiger partial charge in [-0.05, 0) is 66.6 Å². The fourth-order valence-electron chi connectivity index (χ4n) is 3.85. The first kappa shape index (κ1) is 25.9. The zero-order valence-electron chi connectivity index (χ0n) is 20.5. The van der Waals surface area contributed by atoms with Gasteiger partial charge in [-0.25, -0.2) is 4.79 Å². The highest BCUT2D eigenvalue weighted by atomic mass is 16.5. The van der Waals surface area contributed by atoms with E-state index in [2.05, 4.69) is 5.32 Å². The fourth-order valence-corrected chi connectivity index (χ4v) is 3.85. The third-order valence-electron chi connectivity index (χ3n) is 5.38. The molecule has 2 rings (SSSR count). The molecule has 0 radical (unpaired) electrons. The molecule has 7 heteroatoms. The van der Waals surface area contributed by atoms with E-state index in [1.807, 2.05) is 53.7 Å². The van der Waals surface area contributed by atoms with E-state index in [0.29, 0.717) is 24.2 Å². The van der Waals surface area contributed by atoms with Crippen molar-refractivity contribution in [3.8, 4) is 5.75 Å². The molecule has 0 unspecified atom stereocenters. The van der Waals surface area contributed by atoms with Gasteiger partial charge >= 0.3 is 5.97 Å². The van der Waals surface area contributed by atoms with Crippen LogP contribution in [0.5, 0.6) is 5.75 Å². The molecule has 178 valence electrons. The number of amides is 2. The van der Waals surface area contributed by atoms with E-state index in [1.54, 1.807) is 13.2 Å². The van der Waals surface area contributed by atoms with Gasteiger partial charge in [0.15, 0.2) is 0 Å². The van der Waals surface area contributed by atoms with E-state index in [4.69, 9.17) is 4.74 Å². The number of hydrogen-bond donors (Lipinski definition) is 2. The lowest BCUT2D eigenvalue weighted by Gasteiger charge is -2.26. The zero-order valence-corrected chi connectivity index (χ0v) is 20.5. The van der Waals surface area contributed by atoms with Crippen molar-refractivity contribution in [2.24, 2.45) is 0 Å². The van der Waals surface area contributed by atoms with Crippen LogP contribution in [0.25, 0.3) is 0 Å². The van der Waals surface area contributed by atoms with Crippen LogP contribution in [-0.4, -0.2) is 36.5 Å². The molecule has 2 N–H and O–H groups in total. The Kier molecular flexibility index (Phi) is 8.25. The molecule has 2 aromatic carbocycles. The molecule has 0 spiro atoms. The Hall–Kier alpha value is -3.35. The Labute approximate surface area is 195 Å². The van der Waals surface area contributed by atoms with Crippen molar-refractivity contribution in [3.63, 3.8) is 0 Å². The summed E-state index contributed by atoms with van der Waals surface area (Å²) in [6, 6.07) is 8.37. The Morgan fingerprint density at radius 1 is 1.06 bits per heavy atom. The number of rotatable bonds is 8. The van der Waals surface area contributed by atoms with Crippen molar-refractivity contribution in [3.05, 3.63) is 52.6 Å². The third kappa shape index (κ3) is 6.34. The highest BCUT2D eigenvalue weighted by Gasteiger charge is 2.24. The predicted octanol–water partition coefficient (Wildman–Crippen LogP) is 5.08. The molecule has 0 aromatic heterocycles. The Morgan fingerprint density at radius 2 is 1.67 bits per heavy atom. The first-order chi connectivity index (χ1) is 15.4. The number of carbonyl (C=O) groups is 3. The number of carboxylic acid groups (broad SMARTS) is 1. The van der Waals surface area contributed by atoms with Crippen molar-refractivity contribution >= 4 is 29.2 Å². The predicted molar refractivity (Wildman–Crippen MR) is 130 cm³/mol. The SMILES string of the molecule is CCCC(=O)N(CC(=O)Nc1cc(C(=O)O)ccc1C(C)(C)C)c1cc(C)c(OC)c(C)c1. The van der Waals surface area contributed by atoms with E-state index in [-0.39, 0.29) is 23.4 Å². The van der Waals surface area contributed by atoms with Crippen LogP contribution in [-0.2, 0) is 15.0 Å². The number of carboxylic acids is 1. The second kappa shape index (κ2) is 10.5. The maximum Gasteiger partial charge on any atom is 0.335 e. The number of nitrogens with one attached hydrogen (secondary N) is 1. The summed E-state index contributed by atoms with van der Waals surface area (Å²) in [6.07, 6.45) is 0.957. The van der Waals surface area contributed by atoms with Crippen LogP contribution in [0.4, 0.5) is 11.4 Å². The van der Waals surface area contributed by atoms with Crippen LogP contribution in [0.1, 0.15) is 67.6 Å².